The molecule has 0 spiro atoms. The first-order valence-electron chi connectivity index (χ1n) is 5.51. The van der Waals surface area contributed by atoms with Crippen LogP contribution < -0.4 is 5.69 Å². The first-order valence-corrected chi connectivity index (χ1v) is 5.51. The van der Waals surface area contributed by atoms with Gasteiger partial charge < -0.3 is 9.88 Å². The van der Waals surface area contributed by atoms with Gasteiger partial charge in [-0.05, 0) is 20.2 Å². The zero-order valence-corrected chi connectivity index (χ0v) is 10.2. The van der Waals surface area contributed by atoms with Crippen molar-refractivity contribution in [2.75, 3.05) is 20.6 Å². The molecule has 0 saturated heterocycles. The number of nitrogens with one attached hydrogen (secondary N) is 1. The quantitative estimate of drug-likeness (QED) is 0.642. The van der Waals surface area contributed by atoms with E-state index in [0.29, 0.717) is 17.6 Å². The second kappa shape index (κ2) is 4.61. The van der Waals surface area contributed by atoms with Crippen LogP contribution in [0.4, 0.5) is 5.69 Å². The molecule has 0 aliphatic carbocycles. The highest BCUT2D eigenvalue weighted by Gasteiger charge is 2.11. The first kappa shape index (κ1) is 12.3. The molecule has 0 fully saturated rings. The van der Waals surface area contributed by atoms with Gasteiger partial charge in [0.2, 0.25) is 0 Å². The normalized spacial score (nSPS) is 11.3. The highest BCUT2D eigenvalue weighted by atomic mass is 16.6. The smallest absolute Gasteiger partial charge is 0.308 e. The largest absolute Gasteiger partial charge is 0.326 e. The lowest BCUT2D eigenvalue weighted by atomic mass is 10.3. The number of nitro benzene ring substituents is 1. The lowest BCUT2D eigenvalue weighted by molar-refractivity contribution is -0.384. The van der Waals surface area contributed by atoms with Crippen molar-refractivity contribution in [2.45, 2.75) is 6.54 Å². The third-order valence-corrected chi connectivity index (χ3v) is 2.74. The van der Waals surface area contributed by atoms with Gasteiger partial charge in [-0.25, -0.2) is 4.79 Å². The Labute approximate surface area is 103 Å². The number of benzene rings is 1. The molecule has 0 atom stereocenters. The van der Waals surface area contributed by atoms with Gasteiger partial charge in [-0.2, -0.15) is 0 Å². The van der Waals surface area contributed by atoms with Crippen molar-refractivity contribution in [3.8, 4) is 0 Å². The molecule has 7 heteroatoms. The van der Waals surface area contributed by atoms with E-state index in [9.17, 15) is 14.9 Å². The molecular weight excluding hydrogens is 236 g/mol. The van der Waals surface area contributed by atoms with Crippen molar-refractivity contribution in [2.24, 2.45) is 0 Å². The number of imidazole rings is 1. The summed E-state index contributed by atoms with van der Waals surface area (Å²) in [5.41, 5.74) is 0.913. The van der Waals surface area contributed by atoms with E-state index in [1.165, 1.54) is 12.1 Å². The van der Waals surface area contributed by atoms with E-state index >= 15 is 0 Å². The Morgan fingerprint density at radius 3 is 2.78 bits per heavy atom. The average Bonchev–Trinajstić information content (AvgIpc) is 2.60. The first-order chi connectivity index (χ1) is 8.49. The summed E-state index contributed by atoms with van der Waals surface area (Å²) >= 11 is 0. The molecule has 0 amide bonds. The molecule has 7 nitrogen and oxygen atoms in total. The van der Waals surface area contributed by atoms with Crippen LogP contribution in [0.5, 0.6) is 0 Å². The van der Waals surface area contributed by atoms with Gasteiger partial charge in [-0.15, -0.1) is 0 Å². The molecule has 1 aromatic carbocycles. The van der Waals surface area contributed by atoms with Crippen molar-refractivity contribution in [3.05, 3.63) is 38.8 Å². The van der Waals surface area contributed by atoms with Crippen LogP contribution in [-0.2, 0) is 6.54 Å². The zero-order chi connectivity index (χ0) is 13.3. The summed E-state index contributed by atoms with van der Waals surface area (Å²) in [6.07, 6.45) is 0. The number of hydrogen-bond acceptors (Lipinski definition) is 4. The number of nitrogens with zero attached hydrogens (tertiary/aromatic N) is 3. The van der Waals surface area contributed by atoms with Crippen molar-refractivity contribution in [3.63, 3.8) is 0 Å². The number of likely N-dealkylation sites (N-methyl/N-ethyl adjacent to an activating group) is 1. The lowest BCUT2D eigenvalue weighted by Crippen LogP contribution is -2.24. The van der Waals surface area contributed by atoms with Crippen molar-refractivity contribution >= 4 is 16.7 Å². The third kappa shape index (κ3) is 2.25. The highest BCUT2D eigenvalue weighted by Crippen LogP contribution is 2.18. The molecule has 0 aliphatic rings. The standard InChI is InChI=1S/C11H14N4O3/c1-13(2)5-6-14-10-4-3-8(15(17)18)7-9(10)12-11(14)16/h3-4,7H,5-6H2,1-2H3,(H,12,16). The molecular formula is C11H14N4O3. The molecule has 96 valence electrons. The number of hydrogen-bond donors (Lipinski definition) is 1. The van der Waals surface area contributed by atoms with Crippen molar-refractivity contribution in [1.82, 2.24) is 14.5 Å². The summed E-state index contributed by atoms with van der Waals surface area (Å²) in [5, 5.41) is 10.7. The molecule has 1 heterocycles. The van der Waals surface area contributed by atoms with E-state index in [4.69, 9.17) is 0 Å². The molecule has 2 rings (SSSR count). The molecule has 1 aromatic heterocycles. The van der Waals surface area contributed by atoms with E-state index < -0.39 is 4.92 Å². The van der Waals surface area contributed by atoms with E-state index in [2.05, 4.69) is 4.98 Å². The molecule has 0 unspecified atom stereocenters. The maximum atomic E-state index is 11.8. The number of non-ortho nitro benzene ring substituents is 1. The fourth-order valence-electron chi connectivity index (χ4n) is 1.79. The fourth-order valence-corrected chi connectivity index (χ4v) is 1.79. The average molecular weight is 250 g/mol. The number of aromatic nitrogens is 2. The zero-order valence-electron chi connectivity index (χ0n) is 10.2. The van der Waals surface area contributed by atoms with Gasteiger partial charge in [0.15, 0.2) is 0 Å². The summed E-state index contributed by atoms with van der Waals surface area (Å²) in [4.78, 5) is 26.5. The predicted octanol–water partition coefficient (Wildman–Crippen LogP) is 0.799. The number of nitro groups is 1. The lowest BCUT2D eigenvalue weighted by Gasteiger charge is -2.09. The topological polar surface area (TPSA) is 84.2 Å². The molecule has 0 radical (unpaired) electrons. The summed E-state index contributed by atoms with van der Waals surface area (Å²) in [6, 6.07) is 4.38. The van der Waals surface area contributed by atoms with Gasteiger partial charge in [0.05, 0.1) is 16.0 Å². The van der Waals surface area contributed by atoms with Crippen LogP contribution in [0.25, 0.3) is 11.0 Å². The molecule has 0 bridgehead atoms. The van der Waals surface area contributed by atoms with Crippen LogP contribution in [0.15, 0.2) is 23.0 Å². The van der Waals surface area contributed by atoms with Crippen LogP contribution in [0, 0.1) is 10.1 Å². The van der Waals surface area contributed by atoms with E-state index in [0.717, 1.165) is 6.54 Å². The van der Waals surface area contributed by atoms with Gasteiger partial charge in [-0.1, -0.05) is 0 Å². The summed E-state index contributed by atoms with van der Waals surface area (Å²) in [7, 11) is 3.84. The third-order valence-electron chi connectivity index (χ3n) is 2.74. The monoisotopic (exact) mass is 250 g/mol. The SMILES string of the molecule is CN(C)CCn1c(=O)[nH]c2cc([N+](=O)[O-])ccc21. The number of aromatic amines is 1. The molecule has 2 aromatic rings. The van der Waals surface area contributed by atoms with Gasteiger partial charge in [0.25, 0.3) is 5.69 Å². The van der Waals surface area contributed by atoms with Gasteiger partial charge >= 0.3 is 5.69 Å². The van der Waals surface area contributed by atoms with Crippen LogP contribution in [-0.4, -0.2) is 40.0 Å². The molecule has 0 aliphatic heterocycles. The van der Waals surface area contributed by atoms with Crippen molar-refractivity contribution < 1.29 is 4.92 Å². The molecule has 0 saturated carbocycles. The Balaban J connectivity index is 2.45. The Morgan fingerprint density at radius 1 is 1.44 bits per heavy atom. The summed E-state index contributed by atoms with van der Waals surface area (Å²) in [5.74, 6) is 0. The van der Waals surface area contributed by atoms with Gasteiger partial charge in [-0.3, -0.25) is 14.7 Å². The van der Waals surface area contributed by atoms with Gasteiger partial charge in [0.1, 0.15) is 0 Å². The molecule has 1 N–H and O–H groups in total. The minimum atomic E-state index is -0.477. The minimum Gasteiger partial charge on any atom is -0.308 e. The van der Waals surface area contributed by atoms with Crippen LogP contribution >= 0.6 is 0 Å². The predicted molar refractivity (Wildman–Crippen MR) is 67.8 cm³/mol. The minimum absolute atomic E-state index is 0.0245. The Morgan fingerprint density at radius 2 is 2.17 bits per heavy atom. The van der Waals surface area contributed by atoms with E-state index in [1.54, 1.807) is 10.6 Å². The summed E-state index contributed by atoms with van der Waals surface area (Å²) < 4.78 is 1.58. The Bertz CT molecular complexity index is 641. The van der Waals surface area contributed by atoms with Crippen molar-refractivity contribution in [1.29, 1.82) is 0 Å². The second-order valence-electron chi connectivity index (χ2n) is 4.34. The van der Waals surface area contributed by atoms with Crippen LogP contribution in [0.2, 0.25) is 0 Å². The van der Waals surface area contributed by atoms with E-state index in [1.807, 2.05) is 19.0 Å². The van der Waals surface area contributed by atoms with Crippen LogP contribution in [0.1, 0.15) is 0 Å². The second-order valence-corrected chi connectivity index (χ2v) is 4.34. The van der Waals surface area contributed by atoms with Gasteiger partial charge in [0, 0.05) is 25.2 Å². The fraction of sp³-hybridized carbons (Fsp3) is 0.364. The number of fused-ring (bicyclic) bond motifs is 1. The highest BCUT2D eigenvalue weighted by molar-refractivity contribution is 5.77. The Kier molecular flexibility index (Phi) is 3.15. The number of rotatable bonds is 4. The van der Waals surface area contributed by atoms with E-state index in [-0.39, 0.29) is 11.4 Å². The summed E-state index contributed by atoms with van der Waals surface area (Å²) in [6.45, 7) is 1.27. The van der Waals surface area contributed by atoms with Crippen LogP contribution in [0.3, 0.4) is 0 Å². The molecule has 18 heavy (non-hydrogen) atoms. The maximum absolute atomic E-state index is 11.8. The number of H-pyrrole nitrogens is 1. The maximum Gasteiger partial charge on any atom is 0.326 e. The Hall–Kier alpha value is -2.15.